The second kappa shape index (κ2) is 16.8. The van der Waals surface area contributed by atoms with Crippen molar-refractivity contribution in [3.8, 4) is 0 Å². The summed E-state index contributed by atoms with van der Waals surface area (Å²) in [6, 6.07) is 59.3. The van der Waals surface area contributed by atoms with Crippen LogP contribution in [-0.4, -0.2) is 0 Å². The van der Waals surface area contributed by atoms with Crippen LogP contribution in [0.5, 0.6) is 0 Å². The first kappa shape index (κ1) is 35.2. The van der Waals surface area contributed by atoms with Crippen LogP contribution in [0.1, 0.15) is 146 Å². The van der Waals surface area contributed by atoms with E-state index in [1.807, 2.05) is 0 Å². The predicted octanol–water partition coefficient (Wildman–Crippen LogP) is 14.0. The van der Waals surface area contributed by atoms with E-state index in [-0.39, 0.29) is 5.92 Å². The number of rotatable bonds is 14. The van der Waals surface area contributed by atoms with Gasteiger partial charge in [0.25, 0.3) is 0 Å². The van der Waals surface area contributed by atoms with E-state index in [0.29, 0.717) is 23.7 Å². The molecular weight excluding hydrogens is 601 g/mol. The van der Waals surface area contributed by atoms with Crippen LogP contribution >= 0.6 is 0 Å². The SMILES string of the molecule is CCC(c1ccccc1)c1cccc(C(CC)c2ccccc2)c1C(C)c1c(C(CC)c2ccccc2)cccc1C(CC)c1ccccc1. The first-order chi connectivity index (χ1) is 24.6. The molecule has 254 valence electrons. The van der Waals surface area contributed by atoms with Crippen LogP contribution < -0.4 is 0 Å². The molecule has 0 radical (unpaired) electrons. The zero-order valence-electron chi connectivity index (χ0n) is 30.7. The van der Waals surface area contributed by atoms with Crippen LogP contribution in [0.3, 0.4) is 0 Å². The van der Waals surface area contributed by atoms with Crippen molar-refractivity contribution in [2.24, 2.45) is 0 Å². The van der Waals surface area contributed by atoms with E-state index in [2.05, 4.69) is 192 Å². The number of hydrogen-bond donors (Lipinski definition) is 0. The van der Waals surface area contributed by atoms with Crippen molar-refractivity contribution in [2.75, 3.05) is 0 Å². The molecule has 0 saturated carbocycles. The average Bonchev–Trinajstić information content (AvgIpc) is 3.18. The lowest BCUT2D eigenvalue weighted by molar-refractivity contribution is 0.689. The van der Waals surface area contributed by atoms with E-state index in [9.17, 15) is 0 Å². The molecule has 0 fully saturated rings. The molecule has 6 rings (SSSR count). The van der Waals surface area contributed by atoms with Crippen molar-refractivity contribution in [2.45, 2.75) is 89.9 Å². The van der Waals surface area contributed by atoms with Gasteiger partial charge in [0.1, 0.15) is 0 Å². The molecule has 6 aromatic rings. The third kappa shape index (κ3) is 7.27. The fraction of sp³-hybridized carbons (Fsp3) is 0.280. The Morgan fingerprint density at radius 1 is 0.300 bits per heavy atom. The molecule has 0 nitrogen and oxygen atoms in total. The molecule has 0 heteroatoms. The van der Waals surface area contributed by atoms with E-state index < -0.39 is 0 Å². The van der Waals surface area contributed by atoms with Crippen molar-refractivity contribution >= 4 is 0 Å². The Bertz CT molecular complexity index is 1630. The minimum Gasteiger partial charge on any atom is -0.0645 e. The van der Waals surface area contributed by atoms with Gasteiger partial charge >= 0.3 is 0 Å². The summed E-state index contributed by atoms with van der Waals surface area (Å²) in [4.78, 5) is 0. The highest BCUT2D eigenvalue weighted by Crippen LogP contribution is 2.47. The van der Waals surface area contributed by atoms with Crippen molar-refractivity contribution in [1.82, 2.24) is 0 Å². The minimum absolute atomic E-state index is 0.179. The predicted molar refractivity (Wildman–Crippen MR) is 215 cm³/mol. The highest BCUT2D eigenvalue weighted by molar-refractivity contribution is 5.56. The molecule has 4 unspecified atom stereocenters. The Hall–Kier alpha value is -4.68. The minimum atomic E-state index is 0.179. The van der Waals surface area contributed by atoms with Gasteiger partial charge in [0, 0.05) is 29.6 Å². The molecule has 0 aliphatic carbocycles. The van der Waals surface area contributed by atoms with E-state index in [0.717, 1.165) is 25.7 Å². The Morgan fingerprint density at radius 3 is 0.720 bits per heavy atom. The normalized spacial score (nSPS) is 14.4. The molecule has 0 amide bonds. The summed E-state index contributed by atoms with van der Waals surface area (Å²) in [5.41, 5.74) is 14.5. The molecule has 0 bridgehead atoms. The van der Waals surface area contributed by atoms with Crippen molar-refractivity contribution < 1.29 is 0 Å². The largest absolute Gasteiger partial charge is 0.0645 e. The average molecular weight is 655 g/mol. The molecule has 0 saturated heterocycles. The summed E-state index contributed by atoms with van der Waals surface area (Å²) in [6.45, 7) is 12.0. The number of hydrogen-bond acceptors (Lipinski definition) is 0. The fourth-order valence-electron chi connectivity index (χ4n) is 8.85. The van der Waals surface area contributed by atoms with Crippen LogP contribution in [0.4, 0.5) is 0 Å². The van der Waals surface area contributed by atoms with E-state index in [4.69, 9.17) is 0 Å². The van der Waals surface area contributed by atoms with Gasteiger partial charge < -0.3 is 0 Å². The maximum Gasteiger partial charge on any atom is 0.00897 e. The number of benzene rings is 6. The quantitative estimate of drug-likeness (QED) is 0.110. The molecule has 0 spiro atoms. The van der Waals surface area contributed by atoms with Gasteiger partial charge in [-0.2, -0.15) is 0 Å². The summed E-state index contributed by atoms with van der Waals surface area (Å²) in [5, 5.41) is 0. The monoisotopic (exact) mass is 654 g/mol. The topological polar surface area (TPSA) is 0 Å². The second-order valence-electron chi connectivity index (χ2n) is 13.9. The molecule has 0 N–H and O–H groups in total. The molecular formula is C50H54. The van der Waals surface area contributed by atoms with Gasteiger partial charge in [-0.1, -0.05) is 192 Å². The van der Waals surface area contributed by atoms with Crippen LogP contribution in [0.25, 0.3) is 0 Å². The summed E-state index contributed by atoms with van der Waals surface area (Å²) < 4.78 is 0. The van der Waals surface area contributed by atoms with E-state index in [1.165, 1.54) is 55.6 Å². The van der Waals surface area contributed by atoms with Crippen LogP contribution in [0.15, 0.2) is 158 Å². The maximum absolute atomic E-state index is 2.52. The fourth-order valence-corrected chi connectivity index (χ4v) is 8.85. The third-order valence-electron chi connectivity index (χ3n) is 11.2. The zero-order chi connectivity index (χ0) is 34.9. The molecule has 50 heavy (non-hydrogen) atoms. The van der Waals surface area contributed by atoms with Crippen molar-refractivity contribution in [3.05, 3.63) is 213 Å². The lowest BCUT2D eigenvalue weighted by atomic mass is 9.70. The third-order valence-corrected chi connectivity index (χ3v) is 11.2. The Labute approximate surface area is 302 Å². The highest BCUT2D eigenvalue weighted by atomic mass is 14.4. The molecule has 0 aliphatic heterocycles. The van der Waals surface area contributed by atoms with Gasteiger partial charge in [-0.3, -0.25) is 0 Å². The van der Waals surface area contributed by atoms with Crippen molar-refractivity contribution in [1.29, 1.82) is 0 Å². The lowest BCUT2D eigenvalue weighted by Crippen LogP contribution is -2.18. The maximum atomic E-state index is 2.52. The summed E-state index contributed by atoms with van der Waals surface area (Å²) in [5.74, 6) is 1.42. The van der Waals surface area contributed by atoms with Crippen LogP contribution in [0.2, 0.25) is 0 Å². The van der Waals surface area contributed by atoms with Gasteiger partial charge in [-0.05, 0) is 81.3 Å². The van der Waals surface area contributed by atoms with Crippen LogP contribution in [0, 0.1) is 0 Å². The lowest BCUT2D eigenvalue weighted by Gasteiger charge is -2.34. The second-order valence-corrected chi connectivity index (χ2v) is 13.9. The van der Waals surface area contributed by atoms with E-state index in [1.54, 1.807) is 0 Å². The molecule has 0 heterocycles. The Balaban J connectivity index is 1.67. The van der Waals surface area contributed by atoms with Gasteiger partial charge in [-0.25, -0.2) is 0 Å². The summed E-state index contributed by atoms with van der Waals surface area (Å²) >= 11 is 0. The zero-order valence-corrected chi connectivity index (χ0v) is 30.7. The summed E-state index contributed by atoms with van der Waals surface area (Å²) in [7, 11) is 0. The smallest absolute Gasteiger partial charge is 0.00897 e. The summed E-state index contributed by atoms with van der Waals surface area (Å²) in [6.07, 6.45) is 4.19. The molecule has 6 aromatic carbocycles. The van der Waals surface area contributed by atoms with Gasteiger partial charge in [-0.15, -0.1) is 0 Å². The van der Waals surface area contributed by atoms with Gasteiger partial charge in [0.15, 0.2) is 0 Å². The molecule has 4 atom stereocenters. The Kier molecular flexibility index (Phi) is 11.8. The molecule has 0 aromatic heterocycles. The molecule has 0 aliphatic rings. The van der Waals surface area contributed by atoms with Gasteiger partial charge in [0.2, 0.25) is 0 Å². The van der Waals surface area contributed by atoms with Crippen LogP contribution in [-0.2, 0) is 0 Å². The first-order valence-corrected chi connectivity index (χ1v) is 19.1. The van der Waals surface area contributed by atoms with Crippen molar-refractivity contribution in [3.63, 3.8) is 0 Å². The first-order valence-electron chi connectivity index (χ1n) is 19.1. The van der Waals surface area contributed by atoms with E-state index >= 15 is 0 Å². The standard InChI is InChI=1S/C50H54/c1-6-41(37-24-14-10-15-25-37)45-32-22-33-46(42(7-2)38-26-16-11-17-27-38)49(45)36(5)50-47(43(8-3)39-28-18-12-19-29-39)34-23-35-48(50)44(9-4)40-30-20-13-21-31-40/h10-36,41-44H,6-9H2,1-5H3. The van der Waals surface area contributed by atoms with Gasteiger partial charge in [0.05, 0.1) is 0 Å². The Morgan fingerprint density at radius 2 is 0.520 bits per heavy atom. The highest BCUT2D eigenvalue weighted by Gasteiger charge is 2.31.